The number of carbonyl (C=O) groups is 1. The van der Waals surface area contributed by atoms with Crippen molar-refractivity contribution in [3.8, 4) is 5.75 Å². The molecule has 5 nitrogen and oxygen atoms in total. The van der Waals surface area contributed by atoms with Gasteiger partial charge in [-0.2, -0.15) is 0 Å². The monoisotopic (exact) mass is 433 g/mol. The van der Waals surface area contributed by atoms with Gasteiger partial charge in [-0.25, -0.2) is 0 Å². The zero-order chi connectivity index (χ0) is 19.2. The quantitative estimate of drug-likeness (QED) is 0.523. The molecule has 1 N–H and O–H groups in total. The number of benzene rings is 2. The average Bonchev–Trinajstić information content (AvgIpc) is 2.57. The van der Waals surface area contributed by atoms with Crippen molar-refractivity contribution in [2.45, 2.75) is 13.8 Å². The Kier molecular flexibility index (Phi) is 7.89. The molecule has 2 aromatic carbocycles. The highest BCUT2D eigenvalue weighted by Gasteiger charge is 2.25. The summed E-state index contributed by atoms with van der Waals surface area (Å²) in [5, 5.41) is 3.64. The third-order valence-electron chi connectivity index (χ3n) is 3.05. The maximum absolute atomic E-state index is 12.7. The molecule has 0 bridgehead atoms. The first-order chi connectivity index (χ1) is 12.4. The normalized spacial score (nSPS) is 11.2. The van der Waals surface area contributed by atoms with Crippen molar-refractivity contribution >= 4 is 53.3 Å². The number of carbonyl (C=O) groups excluding carboxylic acids is 1. The minimum absolute atomic E-state index is 0.214. The fourth-order valence-corrected chi connectivity index (χ4v) is 4.50. The lowest BCUT2D eigenvalue weighted by atomic mass is 10.2. The topological polar surface area (TPSA) is 56.8 Å². The summed E-state index contributed by atoms with van der Waals surface area (Å²) in [5.74, 6) is -0.182. The number of halogens is 2. The molecule has 0 aliphatic rings. The zero-order valence-electron chi connectivity index (χ0n) is 14.2. The molecule has 0 radical (unpaired) electrons. The van der Waals surface area contributed by atoms with Crippen LogP contribution in [0, 0.1) is 0 Å². The van der Waals surface area contributed by atoms with E-state index in [4.69, 9.17) is 48.6 Å². The summed E-state index contributed by atoms with van der Waals surface area (Å²) in [6.07, 6.45) is 0. The zero-order valence-corrected chi connectivity index (χ0v) is 17.4. The van der Waals surface area contributed by atoms with Gasteiger partial charge in [0.05, 0.1) is 18.8 Å². The van der Waals surface area contributed by atoms with Crippen molar-refractivity contribution in [3.63, 3.8) is 0 Å². The SMILES string of the molecule is CCOP(=S)(OCC)Oc1ccc(Cl)cc1C(=O)Nc1cccc(Cl)c1. The first-order valence-electron chi connectivity index (χ1n) is 7.82. The van der Waals surface area contributed by atoms with Gasteiger partial charge in [-0.1, -0.05) is 29.3 Å². The number of hydrogen-bond donors (Lipinski definition) is 1. The van der Waals surface area contributed by atoms with Crippen LogP contribution in [0.3, 0.4) is 0 Å². The van der Waals surface area contributed by atoms with Gasteiger partial charge in [0, 0.05) is 27.5 Å². The van der Waals surface area contributed by atoms with Crippen molar-refractivity contribution in [1.82, 2.24) is 0 Å². The molecule has 140 valence electrons. The molecular weight excluding hydrogens is 416 g/mol. The van der Waals surface area contributed by atoms with Gasteiger partial charge in [0.1, 0.15) is 5.75 Å². The molecular formula is C17H18Cl2NO4PS. The van der Waals surface area contributed by atoms with E-state index in [-0.39, 0.29) is 11.3 Å². The summed E-state index contributed by atoms with van der Waals surface area (Å²) < 4.78 is 16.7. The van der Waals surface area contributed by atoms with Gasteiger partial charge in [0.25, 0.3) is 5.91 Å². The van der Waals surface area contributed by atoms with Crippen molar-refractivity contribution < 1.29 is 18.4 Å². The highest BCUT2D eigenvalue weighted by molar-refractivity contribution is 8.07. The van der Waals surface area contributed by atoms with E-state index in [9.17, 15) is 4.79 Å². The molecule has 1 amide bonds. The lowest BCUT2D eigenvalue weighted by Crippen LogP contribution is -2.14. The van der Waals surface area contributed by atoms with Crippen molar-refractivity contribution in [2.75, 3.05) is 18.5 Å². The van der Waals surface area contributed by atoms with Gasteiger partial charge < -0.3 is 9.84 Å². The molecule has 0 saturated heterocycles. The minimum atomic E-state index is -3.02. The van der Waals surface area contributed by atoms with Crippen LogP contribution in [0.1, 0.15) is 24.2 Å². The molecule has 2 rings (SSSR count). The lowest BCUT2D eigenvalue weighted by Gasteiger charge is -2.22. The van der Waals surface area contributed by atoms with Crippen LogP contribution in [-0.4, -0.2) is 19.1 Å². The van der Waals surface area contributed by atoms with E-state index in [1.165, 1.54) is 6.07 Å². The third-order valence-corrected chi connectivity index (χ3v) is 5.95. The highest BCUT2D eigenvalue weighted by atomic mass is 35.5. The van der Waals surface area contributed by atoms with Crippen LogP contribution in [0.5, 0.6) is 5.75 Å². The van der Waals surface area contributed by atoms with Gasteiger partial charge >= 0.3 is 6.72 Å². The summed E-state index contributed by atoms with van der Waals surface area (Å²) in [6, 6.07) is 11.5. The van der Waals surface area contributed by atoms with Crippen LogP contribution in [-0.2, 0) is 20.9 Å². The van der Waals surface area contributed by atoms with E-state index in [1.54, 1.807) is 50.2 Å². The van der Waals surface area contributed by atoms with E-state index in [2.05, 4.69) is 5.32 Å². The molecule has 0 aromatic heterocycles. The Labute approximate surface area is 167 Å². The molecule has 0 aliphatic carbocycles. The Balaban J connectivity index is 2.31. The van der Waals surface area contributed by atoms with E-state index in [0.717, 1.165) is 0 Å². The summed E-state index contributed by atoms with van der Waals surface area (Å²) >= 11 is 17.4. The summed E-state index contributed by atoms with van der Waals surface area (Å²) in [5.41, 5.74) is 0.758. The molecule has 0 aliphatic heterocycles. The molecule has 0 atom stereocenters. The van der Waals surface area contributed by atoms with E-state index < -0.39 is 12.6 Å². The third kappa shape index (κ3) is 5.95. The maximum atomic E-state index is 12.7. The average molecular weight is 434 g/mol. The highest BCUT2D eigenvalue weighted by Crippen LogP contribution is 2.50. The predicted molar refractivity (Wildman–Crippen MR) is 109 cm³/mol. The van der Waals surface area contributed by atoms with Crippen LogP contribution in [0.15, 0.2) is 42.5 Å². The fourth-order valence-electron chi connectivity index (χ4n) is 2.05. The smallest absolute Gasteiger partial charge is 0.380 e. The summed E-state index contributed by atoms with van der Waals surface area (Å²) in [6.45, 7) is 1.21. The Hall–Kier alpha value is -1.14. The van der Waals surface area contributed by atoms with E-state index in [1.807, 2.05) is 0 Å². The van der Waals surface area contributed by atoms with Gasteiger partial charge in [-0.05, 0) is 50.2 Å². The number of amides is 1. The van der Waals surface area contributed by atoms with Crippen LogP contribution in [0.4, 0.5) is 5.69 Å². The van der Waals surface area contributed by atoms with E-state index >= 15 is 0 Å². The van der Waals surface area contributed by atoms with Crippen LogP contribution in [0.2, 0.25) is 10.0 Å². The molecule has 0 fully saturated rings. The van der Waals surface area contributed by atoms with Gasteiger partial charge in [-0.3, -0.25) is 13.8 Å². The Bertz CT molecular complexity index is 824. The van der Waals surface area contributed by atoms with Crippen LogP contribution >= 0.6 is 29.9 Å². The number of hydrogen-bond acceptors (Lipinski definition) is 5. The predicted octanol–water partition coefficient (Wildman–Crippen LogP) is 5.92. The first kappa shape index (κ1) is 21.2. The molecule has 9 heteroatoms. The lowest BCUT2D eigenvalue weighted by molar-refractivity contribution is 0.102. The molecule has 2 aromatic rings. The summed E-state index contributed by atoms with van der Waals surface area (Å²) in [4.78, 5) is 12.7. The second-order valence-electron chi connectivity index (χ2n) is 4.98. The van der Waals surface area contributed by atoms with Crippen molar-refractivity contribution in [3.05, 3.63) is 58.1 Å². The molecule has 26 heavy (non-hydrogen) atoms. The Morgan fingerprint density at radius 3 is 2.35 bits per heavy atom. The van der Waals surface area contributed by atoms with Gasteiger partial charge in [0.2, 0.25) is 0 Å². The largest absolute Gasteiger partial charge is 0.423 e. The molecule has 0 heterocycles. The van der Waals surface area contributed by atoms with Crippen molar-refractivity contribution in [1.29, 1.82) is 0 Å². The molecule has 0 saturated carbocycles. The second kappa shape index (κ2) is 9.70. The standard InChI is InChI=1S/C17H18Cl2NO4PS/c1-3-22-25(26,23-4-2)24-16-9-8-13(19)11-15(16)17(21)20-14-7-5-6-12(18)10-14/h5-11H,3-4H2,1-2H3,(H,20,21). The number of anilines is 1. The molecule has 0 unspecified atom stereocenters. The van der Waals surface area contributed by atoms with Gasteiger partial charge in [0.15, 0.2) is 0 Å². The second-order valence-corrected chi connectivity index (χ2v) is 8.79. The van der Waals surface area contributed by atoms with Crippen molar-refractivity contribution in [2.24, 2.45) is 0 Å². The Morgan fingerprint density at radius 1 is 1.08 bits per heavy atom. The molecule has 0 spiro atoms. The fraction of sp³-hybridized carbons (Fsp3) is 0.235. The first-order valence-corrected chi connectivity index (χ1v) is 11.1. The van der Waals surface area contributed by atoms with Gasteiger partial charge in [-0.15, -0.1) is 0 Å². The number of rotatable bonds is 8. The minimum Gasteiger partial charge on any atom is -0.423 e. The Morgan fingerprint density at radius 2 is 1.73 bits per heavy atom. The summed E-state index contributed by atoms with van der Waals surface area (Å²) in [7, 11) is 0. The van der Waals surface area contributed by atoms with E-state index in [0.29, 0.717) is 28.9 Å². The van der Waals surface area contributed by atoms with Crippen LogP contribution in [0.25, 0.3) is 0 Å². The maximum Gasteiger partial charge on any atom is 0.380 e. The number of nitrogens with one attached hydrogen (secondary N) is 1. The van der Waals surface area contributed by atoms with Crippen LogP contribution < -0.4 is 9.84 Å².